The maximum Gasteiger partial charge on any atom is 0.338 e. The molecule has 5 nitrogen and oxygen atoms in total. The number of thiophene rings is 1. The summed E-state index contributed by atoms with van der Waals surface area (Å²) < 4.78 is 6.41. The molecule has 0 aliphatic carbocycles. The average Bonchev–Trinajstić information content (AvgIpc) is 2.74. The number of hydrogen-bond acceptors (Lipinski definition) is 5. The van der Waals surface area contributed by atoms with Crippen LogP contribution in [0.15, 0.2) is 11.6 Å². The molecule has 0 spiro atoms. The summed E-state index contributed by atoms with van der Waals surface area (Å²) in [6, 6.07) is 0. The van der Waals surface area contributed by atoms with E-state index in [9.17, 15) is 4.79 Å². The number of aromatic carboxylic acids is 1. The molecule has 0 saturated carbocycles. The van der Waals surface area contributed by atoms with Crippen LogP contribution in [0, 0.1) is 0 Å². The lowest BCUT2D eigenvalue weighted by Crippen LogP contribution is -2.01. The number of pyridine rings is 1. The van der Waals surface area contributed by atoms with Crippen molar-refractivity contribution in [2.75, 3.05) is 12.8 Å². The van der Waals surface area contributed by atoms with Crippen LogP contribution < -0.4 is 5.73 Å². The first kappa shape index (κ1) is 18.6. The molecule has 0 unspecified atom stereocenters. The van der Waals surface area contributed by atoms with E-state index < -0.39 is 5.97 Å². The van der Waals surface area contributed by atoms with E-state index in [1.54, 1.807) is 7.11 Å². The predicted octanol–water partition coefficient (Wildman–Crippen LogP) is 4.30. The fourth-order valence-corrected chi connectivity index (χ4v) is 2.61. The van der Waals surface area contributed by atoms with Crippen molar-refractivity contribution in [1.82, 2.24) is 4.98 Å². The van der Waals surface area contributed by atoms with Crippen molar-refractivity contribution in [3.05, 3.63) is 22.7 Å². The average molecular weight is 632 g/mol. The van der Waals surface area contributed by atoms with Gasteiger partial charge in [0.15, 0.2) is 0 Å². The van der Waals surface area contributed by atoms with E-state index in [4.69, 9.17) is 15.6 Å². The number of carbonyl (C=O) groups is 1. The van der Waals surface area contributed by atoms with Gasteiger partial charge in [-0.2, -0.15) is 0 Å². The van der Waals surface area contributed by atoms with Crippen molar-refractivity contribution in [2.45, 2.75) is 6.54 Å². The molecule has 0 aliphatic rings. The van der Waals surface area contributed by atoms with E-state index in [1.165, 1.54) is 17.5 Å². The van der Waals surface area contributed by atoms with Crippen LogP contribution in [0.2, 0.25) is 0 Å². The van der Waals surface area contributed by atoms with Gasteiger partial charge in [0.1, 0.15) is 5.76 Å². The highest BCUT2D eigenvalue weighted by Crippen LogP contribution is 2.32. The quantitative estimate of drug-likeness (QED) is 0.390. The van der Waals surface area contributed by atoms with Crippen LogP contribution in [-0.4, -0.2) is 23.1 Å². The van der Waals surface area contributed by atoms with Gasteiger partial charge in [0.25, 0.3) is 0 Å². The third kappa shape index (κ3) is 5.06. The van der Waals surface area contributed by atoms with E-state index in [1.807, 2.05) is 5.38 Å². The summed E-state index contributed by atoms with van der Waals surface area (Å²) in [6.07, 6.45) is 1.28. The maximum absolute atomic E-state index is 11.0. The number of nitrogens with zero attached hydrogens (tertiary/aromatic N) is 1. The van der Waals surface area contributed by atoms with E-state index >= 15 is 0 Å². The van der Waals surface area contributed by atoms with Crippen LogP contribution in [0.25, 0.3) is 10.1 Å². The van der Waals surface area contributed by atoms with Gasteiger partial charge in [-0.3, -0.25) is 0 Å². The Labute approximate surface area is 161 Å². The van der Waals surface area contributed by atoms with Gasteiger partial charge in [-0.05, 0) is 10.9 Å². The van der Waals surface area contributed by atoms with Gasteiger partial charge < -0.3 is 15.6 Å². The summed E-state index contributed by atoms with van der Waals surface area (Å²) in [4.78, 5) is 14.9. The van der Waals surface area contributed by atoms with Crippen LogP contribution in [0.1, 0.15) is 15.9 Å². The zero-order chi connectivity index (χ0) is 15.3. The molecule has 0 atom stereocenters. The highest BCUT2D eigenvalue weighted by Gasteiger charge is 2.16. The highest BCUT2D eigenvalue weighted by molar-refractivity contribution is 14.3. The summed E-state index contributed by atoms with van der Waals surface area (Å²) in [7, 11) is 1.58. The van der Waals surface area contributed by atoms with Crippen LogP contribution in [0.5, 0.6) is 0 Å². The van der Waals surface area contributed by atoms with Gasteiger partial charge in [-0.1, -0.05) is 67.8 Å². The molecule has 20 heavy (non-hydrogen) atoms. The normalized spacial score (nSPS) is 10.4. The Kier molecular flexibility index (Phi) is 8.22. The Morgan fingerprint density at radius 3 is 2.65 bits per heavy atom. The number of methoxy groups -OCH3 is 1. The van der Waals surface area contributed by atoms with Crippen LogP contribution >= 0.6 is 79.1 Å². The number of carboxylic acids is 1. The van der Waals surface area contributed by atoms with Crippen molar-refractivity contribution in [1.29, 1.82) is 0 Å². The number of carboxylic acid groups (broad SMARTS) is 1. The first-order valence-corrected chi connectivity index (χ1v) is 9.79. The number of fused-ring (bicyclic) bond motifs is 1. The Bertz CT molecular complexity index is 601. The number of halogens is 3. The third-order valence-corrected chi connectivity index (χ3v) is 3.29. The minimum Gasteiger partial charge on any atom is -0.478 e. The molecule has 2 aromatic heterocycles. The van der Waals surface area contributed by atoms with Crippen LogP contribution in [0.3, 0.4) is 0 Å². The van der Waals surface area contributed by atoms with E-state index in [0.717, 1.165) is 5.50 Å². The summed E-state index contributed by atoms with van der Waals surface area (Å²) in [5.41, 5.74) is 6.80. The maximum atomic E-state index is 11.0. The summed E-state index contributed by atoms with van der Waals surface area (Å²) in [5.74, 6) is -0.656. The summed E-state index contributed by atoms with van der Waals surface area (Å²) in [5, 5.41) is 11.5. The molecule has 0 radical (unpaired) electrons. The van der Waals surface area contributed by atoms with Crippen molar-refractivity contribution in [2.24, 2.45) is 0 Å². The first-order valence-electron chi connectivity index (χ1n) is 5.17. The lowest BCUT2D eigenvalue weighted by atomic mass is 10.1. The van der Waals surface area contributed by atoms with Gasteiger partial charge in [0, 0.05) is 18.7 Å². The SMILES string of the molecule is COCc1csc2c(C(=O)O)cnc(N)c12.IC(I)I. The standard InChI is InChI=1S/C10H10N2O3S.CHI3/c1-15-3-5-4-16-8-6(10(13)14)2-12-9(11)7(5)8;2-1(3)4/h2,4H,3H2,1H3,(H2,11,12)(H,13,14);1H. The number of aromatic nitrogens is 1. The molecule has 110 valence electrons. The van der Waals surface area contributed by atoms with Crippen molar-refractivity contribution in [3.8, 4) is 0 Å². The molecule has 2 aromatic rings. The number of rotatable bonds is 3. The molecule has 0 amide bonds. The minimum absolute atomic E-state index is 0.177. The van der Waals surface area contributed by atoms with Gasteiger partial charge in [0.2, 0.25) is 0 Å². The number of nitrogens with two attached hydrogens (primary N) is 1. The Hall–Kier alpha value is 0.530. The Balaban J connectivity index is 0.000000444. The number of hydrogen-bond donors (Lipinski definition) is 2. The number of ether oxygens (including phenoxy) is 1. The smallest absolute Gasteiger partial charge is 0.338 e. The largest absolute Gasteiger partial charge is 0.478 e. The Morgan fingerprint density at radius 1 is 1.55 bits per heavy atom. The second-order valence-corrected chi connectivity index (χ2v) is 15.3. The Morgan fingerprint density at radius 2 is 2.15 bits per heavy atom. The monoisotopic (exact) mass is 632 g/mol. The molecular weight excluding hydrogens is 621 g/mol. The van der Waals surface area contributed by atoms with Crippen molar-refractivity contribution in [3.63, 3.8) is 0 Å². The highest BCUT2D eigenvalue weighted by atomic mass is 127. The first-order chi connectivity index (χ1) is 9.38. The second kappa shape index (κ2) is 8.85. The molecular formula is C11H11I3N2O3S. The summed E-state index contributed by atoms with van der Waals surface area (Å²) in [6.45, 7) is 0.398. The minimum atomic E-state index is -0.997. The lowest BCUT2D eigenvalue weighted by Gasteiger charge is -2.02. The molecule has 0 fully saturated rings. The molecule has 0 aliphatic heterocycles. The molecule has 0 aromatic carbocycles. The van der Waals surface area contributed by atoms with E-state index in [0.29, 0.717) is 22.5 Å². The third-order valence-electron chi connectivity index (χ3n) is 2.23. The molecule has 2 heterocycles. The molecule has 2 rings (SSSR count). The van der Waals surface area contributed by atoms with Gasteiger partial charge in [0.05, 0.1) is 16.9 Å². The van der Waals surface area contributed by atoms with Crippen LogP contribution in [-0.2, 0) is 11.3 Å². The lowest BCUT2D eigenvalue weighted by molar-refractivity contribution is 0.0699. The van der Waals surface area contributed by atoms with Crippen molar-refractivity contribution < 1.29 is 14.6 Å². The zero-order valence-corrected chi connectivity index (χ0v) is 17.6. The summed E-state index contributed by atoms with van der Waals surface area (Å²) >= 11 is 8.29. The molecule has 9 heteroatoms. The van der Waals surface area contributed by atoms with Crippen molar-refractivity contribution >= 4 is 101 Å². The van der Waals surface area contributed by atoms with Gasteiger partial charge in [-0.15, -0.1) is 11.3 Å². The van der Waals surface area contributed by atoms with Gasteiger partial charge in [-0.25, -0.2) is 9.78 Å². The van der Waals surface area contributed by atoms with E-state index in [-0.39, 0.29) is 5.56 Å². The molecule has 0 saturated heterocycles. The predicted molar refractivity (Wildman–Crippen MR) is 108 cm³/mol. The number of alkyl halides is 3. The number of anilines is 1. The second-order valence-electron chi connectivity index (χ2n) is 3.51. The zero-order valence-electron chi connectivity index (χ0n) is 10.3. The van der Waals surface area contributed by atoms with Gasteiger partial charge >= 0.3 is 5.97 Å². The molecule has 3 N–H and O–H groups in total. The number of nitrogen functional groups attached to an aromatic ring is 1. The topological polar surface area (TPSA) is 85.4 Å². The van der Waals surface area contributed by atoms with E-state index in [2.05, 4.69) is 72.8 Å². The fourth-order valence-electron chi connectivity index (χ4n) is 1.54. The molecule has 0 bridgehead atoms. The van der Waals surface area contributed by atoms with Crippen LogP contribution in [0.4, 0.5) is 5.82 Å². The fraction of sp³-hybridized carbons (Fsp3) is 0.273.